The Morgan fingerprint density at radius 3 is 2.36 bits per heavy atom. The molecule has 42 heavy (non-hydrogen) atoms. The van der Waals surface area contributed by atoms with Crippen molar-refractivity contribution in [1.29, 1.82) is 0 Å². The summed E-state index contributed by atoms with van der Waals surface area (Å²) in [5.74, 6) is -5.94. The van der Waals surface area contributed by atoms with Crippen LogP contribution in [0.4, 0.5) is 5.00 Å². The Bertz CT molecular complexity index is 1770. The van der Waals surface area contributed by atoms with Crippen LogP contribution in [-0.4, -0.2) is 75.5 Å². The van der Waals surface area contributed by atoms with Gasteiger partial charge in [-0.05, 0) is 49.4 Å². The number of benzene rings is 1. The number of thiazole rings is 1. The average molecular weight is 638 g/mol. The van der Waals surface area contributed by atoms with Gasteiger partial charge in [-0.15, -0.1) is 11.3 Å². The van der Waals surface area contributed by atoms with Crippen molar-refractivity contribution >= 4 is 77.5 Å². The Kier molecular flexibility index (Phi) is 9.58. The van der Waals surface area contributed by atoms with E-state index >= 15 is 0 Å². The van der Waals surface area contributed by atoms with E-state index in [1.807, 2.05) is 0 Å². The summed E-state index contributed by atoms with van der Waals surface area (Å²) in [6, 6.07) is 4.50. The molecule has 0 saturated carbocycles. The van der Waals surface area contributed by atoms with Crippen molar-refractivity contribution in [3.8, 4) is 0 Å². The molecule has 2 aromatic heterocycles. The van der Waals surface area contributed by atoms with Gasteiger partial charge in [-0.25, -0.2) is 18.0 Å². The van der Waals surface area contributed by atoms with Gasteiger partial charge in [-0.2, -0.15) is 4.99 Å². The van der Waals surface area contributed by atoms with Crippen LogP contribution in [0.25, 0.3) is 10.2 Å². The number of thiophene rings is 1. The molecule has 13 nitrogen and oxygen atoms in total. The molecule has 4 rings (SSSR count). The molecule has 16 heteroatoms. The molecule has 0 unspecified atom stereocenters. The maximum Gasteiger partial charge on any atom is 0.341 e. The third-order valence-corrected chi connectivity index (χ3v) is 9.98. The smallest absolute Gasteiger partial charge is 0.341 e. The van der Waals surface area contributed by atoms with E-state index in [4.69, 9.17) is 14.2 Å². The predicted molar refractivity (Wildman–Crippen MR) is 153 cm³/mol. The number of hydrogen-bond acceptors (Lipinski definition) is 12. The van der Waals surface area contributed by atoms with Gasteiger partial charge in [0.1, 0.15) is 23.1 Å². The molecule has 0 atom stereocenters. The van der Waals surface area contributed by atoms with Gasteiger partial charge < -0.3 is 24.1 Å². The van der Waals surface area contributed by atoms with Crippen molar-refractivity contribution in [2.24, 2.45) is 4.99 Å². The van der Waals surface area contributed by atoms with Gasteiger partial charge in [-0.1, -0.05) is 11.3 Å². The number of fused-ring (bicyclic) bond motifs is 2. The molecule has 0 radical (unpaired) electrons. The van der Waals surface area contributed by atoms with Crippen molar-refractivity contribution in [3.05, 3.63) is 44.6 Å². The Hall–Kier alpha value is -3.89. The first kappa shape index (κ1) is 31.1. The average Bonchev–Trinajstić information content (AvgIpc) is 3.47. The SMILES string of the molecule is COC(=O)Cn1c(=NC(=O)CS(=O)(=O)CC(=O)Nc2sc3c(c2C(=O)OC)CCCC3)sc2cc(C(=O)OC)ccc21. The minimum atomic E-state index is -4.28. The zero-order valence-corrected chi connectivity index (χ0v) is 25.3. The zero-order chi connectivity index (χ0) is 30.6. The van der Waals surface area contributed by atoms with Crippen molar-refractivity contribution in [2.45, 2.75) is 32.2 Å². The Labute approximate surface area is 248 Å². The molecule has 3 aromatic rings. The maximum absolute atomic E-state index is 12.8. The van der Waals surface area contributed by atoms with Crippen LogP contribution in [-0.2, 0) is 57.8 Å². The number of amides is 2. The van der Waals surface area contributed by atoms with Gasteiger partial charge >= 0.3 is 17.9 Å². The monoisotopic (exact) mass is 637 g/mol. The second-order valence-corrected chi connectivity index (χ2v) is 13.4. The van der Waals surface area contributed by atoms with Gasteiger partial charge in [0.05, 0.1) is 42.7 Å². The van der Waals surface area contributed by atoms with Crippen molar-refractivity contribution in [3.63, 3.8) is 0 Å². The number of aryl methyl sites for hydroxylation is 1. The molecule has 0 saturated heterocycles. The first-order chi connectivity index (χ1) is 20.0. The van der Waals surface area contributed by atoms with Gasteiger partial charge in [0, 0.05) is 4.88 Å². The van der Waals surface area contributed by atoms with Crippen LogP contribution in [0, 0.1) is 0 Å². The Morgan fingerprint density at radius 2 is 1.67 bits per heavy atom. The normalized spacial score (nSPS) is 13.4. The lowest BCUT2D eigenvalue weighted by Gasteiger charge is -2.11. The van der Waals surface area contributed by atoms with E-state index in [1.54, 1.807) is 0 Å². The number of rotatable bonds is 9. The first-order valence-electron chi connectivity index (χ1n) is 12.6. The van der Waals surface area contributed by atoms with E-state index in [0.29, 0.717) is 16.6 Å². The maximum atomic E-state index is 12.8. The molecule has 2 amide bonds. The standard InChI is InChI=1S/C26H27N3O10S3/c1-37-21(32)11-29-16-9-8-14(24(33)38-2)10-18(16)41-26(29)28-20(31)13-42(35,36)12-19(30)27-23-22(25(34)39-3)15-6-4-5-7-17(15)40-23/h8-10H,4-7,11-13H2,1-3H3,(H,27,30). The molecule has 0 fully saturated rings. The molecule has 1 aliphatic carbocycles. The Morgan fingerprint density at radius 1 is 0.952 bits per heavy atom. The molecular weight excluding hydrogens is 610 g/mol. The summed E-state index contributed by atoms with van der Waals surface area (Å²) in [6.07, 6.45) is 3.21. The fraction of sp³-hybridized carbons (Fsp3) is 0.385. The number of carbonyl (C=O) groups excluding carboxylic acids is 5. The molecule has 0 spiro atoms. The van der Waals surface area contributed by atoms with Crippen molar-refractivity contribution in [2.75, 3.05) is 38.2 Å². The second kappa shape index (κ2) is 13.0. The first-order valence-corrected chi connectivity index (χ1v) is 16.0. The third kappa shape index (κ3) is 6.94. The largest absolute Gasteiger partial charge is 0.468 e. The highest BCUT2D eigenvalue weighted by molar-refractivity contribution is 7.92. The minimum Gasteiger partial charge on any atom is -0.468 e. The van der Waals surface area contributed by atoms with E-state index < -0.39 is 51.1 Å². The number of aromatic nitrogens is 1. The topological polar surface area (TPSA) is 176 Å². The molecule has 224 valence electrons. The number of nitrogens with one attached hydrogen (secondary N) is 1. The van der Waals surface area contributed by atoms with Gasteiger partial charge in [0.25, 0.3) is 5.91 Å². The molecule has 0 aliphatic heterocycles. The van der Waals surface area contributed by atoms with Gasteiger partial charge in [-0.3, -0.25) is 14.4 Å². The fourth-order valence-electron chi connectivity index (χ4n) is 4.46. The Balaban J connectivity index is 1.55. The molecule has 2 heterocycles. The van der Waals surface area contributed by atoms with Crippen LogP contribution in [0.15, 0.2) is 23.2 Å². The van der Waals surface area contributed by atoms with E-state index in [9.17, 15) is 32.4 Å². The van der Waals surface area contributed by atoms with Crippen molar-refractivity contribution < 1.29 is 46.6 Å². The van der Waals surface area contributed by atoms with Gasteiger partial charge in [0.2, 0.25) is 5.91 Å². The quantitative estimate of drug-likeness (QED) is 0.269. The van der Waals surface area contributed by atoms with E-state index in [1.165, 1.54) is 55.4 Å². The summed E-state index contributed by atoms with van der Waals surface area (Å²) in [6.45, 7) is -0.331. The molecule has 0 bridgehead atoms. The van der Waals surface area contributed by atoms with Gasteiger partial charge in [0.15, 0.2) is 14.6 Å². The number of hydrogen-bond donors (Lipinski definition) is 1. The van der Waals surface area contributed by atoms with Crippen LogP contribution < -0.4 is 10.1 Å². The van der Waals surface area contributed by atoms with E-state index in [2.05, 4.69) is 10.3 Å². The molecule has 1 aliphatic rings. The second-order valence-electron chi connectivity index (χ2n) is 9.21. The van der Waals surface area contributed by atoms with Crippen LogP contribution in [0.1, 0.15) is 44.0 Å². The number of carbonyl (C=O) groups is 5. The highest BCUT2D eigenvalue weighted by Crippen LogP contribution is 2.38. The number of nitrogens with zero attached hydrogens (tertiary/aromatic N) is 2. The summed E-state index contributed by atoms with van der Waals surface area (Å²) in [4.78, 5) is 66.7. The number of anilines is 1. The molecule has 1 N–H and O–H groups in total. The lowest BCUT2D eigenvalue weighted by molar-refractivity contribution is -0.141. The summed E-state index contributed by atoms with van der Waals surface area (Å²) < 4.78 is 41.7. The minimum absolute atomic E-state index is 0.00560. The summed E-state index contributed by atoms with van der Waals surface area (Å²) in [5, 5.41) is 2.72. The van der Waals surface area contributed by atoms with E-state index in [0.717, 1.165) is 41.0 Å². The lowest BCUT2D eigenvalue weighted by Crippen LogP contribution is -2.29. The van der Waals surface area contributed by atoms with Crippen LogP contribution in [0.5, 0.6) is 0 Å². The predicted octanol–water partition coefficient (Wildman–Crippen LogP) is 1.87. The fourth-order valence-corrected chi connectivity index (χ4v) is 7.86. The highest BCUT2D eigenvalue weighted by atomic mass is 32.2. The van der Waals surface area contributed by atoms with Crippen molar-refractivity contribution in [1.82, 2.24) is 4.57 Å². The lowest BCUT2D eigenvalue weighted by atomic mass is 9.95. The highest BCUT2D eigenvalue weighted by Gasteiger charge is 2.28. The third-order valence-electron chi connectivity index (χ3n) is 6.35. The molecular formula is C26H27N3O10S3. The van der Waals surface area contributed by atoms with Crippen LogP contribution in [0.3, 0.4) is 0 Å². The van der Waals surface area contributed by atoms with E-state index in [-0.39, 0.29) is 27.5 Å². The summed E-state index contributed by atoms with van der Waals surface area (Å²) >= 11 is 2.16. The number of esters is 3. The number of methoxy groups -OCH3 is 3. The number of ether oxygens (including phenoxy) is 3. The molecule has 1 aromatic carbocycles. The zero-order valence-electron chi connectivity index (χ0n) is 22.9. The summed E-state index contributed by atoms with van der Waals surface area (Å²) in [7, 11) is -0.638. The summed E-state index contributed by atoms with van der Waals surface area (Å²) in [5.41, 5.74) is 1.70. The van der Waals surface area contributed by atoms with Crippen LogP contribution in [0.2, 0.25) is 0 Å². The van der Waals surface area contributed by atoms with Crippen LogP contribution >= 0.6 is 22.7 Å². The number of sulfone groups is 1.